The van der Waals surface area contributed by atoms with Gasteiger partial charge in [-0.05, 0) is 38.2 Å². The Labute approximate surface area is 119 Å². The average Bonchev–Trinajstić information content (AvgIpc) is 3.35. The largest absolute Gasteiger partial charge is 0.397 e. The number of nitrogen functional groups attached to an aromatic ring is 1. The topological polar surface area (TPSA) is 63.3 Å². The first-order valence-corrected chi connectivity index (χ1v) is 7.73. The molecule has 1 aliphatic heterocycles. The monoisotopic (exact) mass is 274 g/mol. The second-order valence-corrected chi connectivity index (χ2v) is 6.48. The van der Waals surface area contributed by atoms with Gasteiger partial charge >= 0.3 is 0 Å². The van der Waals surface area contributed by atoms with E-state index < -0.39 is 0 Å². The number of carbonyl (C=O) groups excluding carboxylic acids is 1. The maximum absolute atomic E-state index is 12.5. The van der Waals surface area contributed by atoms with E-state index in [1.165, 1.54) is 12.8 Å². The minimum absolute atomic E-state index is 0.0382. The van der Waals surface area contributed by atoms with Crippen LogP contribution in [0.4, 0.5) is 5.69 Å². The first-order valence-electron chi connectivity index (χ1n) is 7.73. The van der Waals surface area contributed by atoms with E-state index in [1.807, 2.05) is 6.20 Å². The van der Waals surface area contributed by atoms with Crippen molar-refractivity contribution in [3.8, 4) is 0 Å². The average molecular weight is 274 g/mol. The first kappa shape index (κ1) is 12.3. The van der Waals surface area contributed by atoms with E-state index in [-0.39, 0.29) is 5.91 Å². The number of carbonyl (C=O) groups is 1. The summed E-state index contributed by atoms with van der Waals surface area (Å²) in [4.78, 5) is 15.0. The molecule has 108 valence electrons. The lowest BCUT2D eigenvalue weighted by molar-refractivity contribution is 0.0928. The van der Waals surface area contributed by atoms with Gasteiger partial charge in [-0.15, -0.1) is 0 Å². The van der Waals surface area contributed by atoms with Crippen LogP contribution in [0.25, 0.3) is 0 Å². The number of nitrogens with one attached hydrogen (secondary N) is 1. The van der Waals surface area contributed by atoms with Crippen molar-refractivity contribution in [2.45, 2.75) is 50.2 Å². The van der Waals surface area contributed by atoms with Gasteiger partial charge in [0.25, 0.3) is 5.91 Å². The summed E-state index contributed by atoms with van der Waals surface area (Å²) in [6, 6.07) is 3.38. The van der Waals surface area contributed by atoms with Gasteiger partial charge in [-0.3, -0.25) is 9.69 Å². The van der Waals surface area contributed by atoms with E-state index in [0.29, 0.717) is 17.8 Å². The number of hydrogen-bond acceptors (Lipinski definition) is 3. The van der Waals surface area contributed by atoms with Gasteiger partial charge < -0.3 is 15.6 Å². The van der Waals surface area contributed by atoms with Gasteiger partial charge in [0.2, 0.25) is 0 Å². The lowest BCUT2D eigenvalue weighted by Crippen LogP contribution is -2.38. The molecule has 1 unspecified atom stereocenters. The summed E-state index contributed by atoms with van der Waals surface area (Å²) in [6.07, 6.45) is 7.96. The summed E-state index contributed by atoms with van der Waals surface area (Å²) in [5, 5.41) is 3.19. The van der Waals surface area contributed by atoms with Gasteiger partial charge in [0.1, 0.15) is 5.69 Å². The molecule has 1 atom stereocenters. The van der Waals surface area contributed by atoms with Gasteiger partial charge in [-0.1, -0.05) is 0 Å². The maximum Gasteiger partial charge on any atom is 0.268 e. The fourth-order valence-electron chi connectivity index (χ4n) is 3.27. The van der Waals surface area contributed by atoms with Gasteiger partial charge in [0.05, 0.1) is 5.69 Å². The smallest absolute Gasteiger partial charge is 0.268 e. The predicted molar refractivity (Wildman–Crippen MR) is 77.6 cm³/mol. The number of rotatable bonds is 4. The molecule has 20 heavy (non-hydrogen) atoms. The number of nitrogens with zero attached hydrogens (tertiary/aromatic N) is 2. The molecule has 2 heterocycles. The van der Waals surface area contributed by atoms with Crippen LogP contribution in [0.5, 0.6) is 0 Å². The molecule has 0 aromatic carbocycles. The second kappa shape index (κ2) is 4.52. The van der Waals surface area contributed by atoms with Gasteiger partial charge in [-0.25, -0.2) is 0 Å². The third-order valence-corrected chi connectivity index (χ3v) is 4.66. The SMILES string of the molecule is Nc1cc(C(=O)NC2CCN(C3CC3)C2)n(C2CC2)c1. The number of nitrogens with two attached hydrogens (primary N) is 1. The number of amides is 1. The summed E-state index contributed by atoms with van der Waals surface area (Å²) in [6.45, 7) is 2.14. The third-order valence-electron chi connectivity index (χ3n) is 4.66. The molecule has 5 nitrogen and oxygen atoms in total. The number of anilines is 1. The van der Waals surface area contributed by atoms with Gasteiger partial charge in [0, 0.05) is 37.4 Å². The number of hydrogen-bond donors (Lipinski definition) is 2. The van der Waals surface area contributed by atoms with Crippen LogP contribution in [0.1, 0.15) is 48.6 Å². The van der Waals surface area contributed by atoms with Crippen LogP contribution in [-0.4, -0.2) is 40.5 Å². The Morgan fingerprint density at radius 2 is 1.95 bits per heavy atom. The molecule has 0 bridgehead atoms. The van der Waals surface area contributed by atoms with Crippen molar-refractivity contribution in [1.29, 1.82) is 0 Å². The van der Waals surface area contributed by atoms with E-state index in [2.05, 4.69) is 14.8 Å². The van der Waals surface area contributed by atoms with E-state index in [9.17, 15) is 4.79 Å². The minimum atomic E-state index is 0.0382. The fourth-order valence-corrected chi connectivity index (χ4v) is 3.27. The molecule has 3 N–H and O–H groups in total. The molecule has 2 saturated carbocycles. The fraction of sp³-hybridized carbons (Fsp3) is 0.667. The summed E-state index contributed by atoms with van der Waals surface area (Å²) < 4.78 is 2.05. The molecule has 5 heteroatoms. The highest BCUT2D eigenvalue weighted by molar-refractivity contribution is 5.94. The molecule has 2 aliphatic carbocycles. The van der Waals surface area contributed by atoms with Crippen LogP contribution < -0.4 is 11.1 Å². The highest BCUT2D eigenvalue weighted by Crippen LogP contribution is 2.37. The molecule has 0 radical (unpaired) electrons. The lowest BCUT2D eigenvalue weighted by Gasteiger charge is -2.16. The van der Waals surface area contributed by atoms with Gasteiger partial charge in [-0.2, -0.15) is 0 Å². The van der Waals surface area contributed by atoms with Crippen LogP contribution in [-0.2, 0) is 0 Å². The van der Waals surface area contributed by atoms with Gasteiger partial charge in [0.15, 0.2) is 0 Å². The Bertz CT molecular complexity index is 530. The Balaban J connectivity index is 1.42. The predicted octanol–water partition coefficient (Wildman–Crippen LogP) is 1.37. The summed E-state index contributed by atoms with van der Waals surface area (Å²) >= 11 is 0. The highest BCUT2D eigenvalue weighted by atomic mass is 16.2. The van der Waals surface area contributed by atoms with Crippen LogP contribution >= 0.6 is 0 Å². The molecule has 3 fully saturated rings. The second-order valence-electron chi connectivity index (χ2n) is 6.48. The molecule has 1 saturated heterocycles. The molecule has 4 rings (SSSR count). The molecular formula is C15H22N4O. The minimum Gasteiger partial charge on any atom is -0.397 e. The molecule has 1 aromatic rings. The van der Waals surface area contributed by atoms with Crippen molar-refractivity contribution >= 4 is 11.6 Å². The Morgan fingerprint density at radius 1 is 1.20 bits per heavy atom. The van der Waals surface area contributed by atoms with Crippen LogP contribution in [0.3, 0.4) is 0 Å². The summed E-state index contributed by atoms with van der Waals surface area (Å²) in [5.74, 6) is 0.0382. The van der Waals surface area contributed by atoms with E-state index in [0.717, 1.165) is 44.1 Å². The zero-order valence-corrected chi connectivity index (χ0v) is 11.7. The van der Waals surface area contributed by atoms with E-state index in [4.69, 9.17) is 5.73 Å². The zero-order chi connectivity index (χ0) is 13.7. The quantitative estimate of drug-likeness (QED) is 0.871. The van der Waals surface area contributed by atoms with Crippen LogP contribution in [0.15, 0.2) is 12.3 Å². The van der Waals surface area contributed by atoms with Crippen molar-refractivity contribution in [2.24, 2.45) is 0 Å². The Kier molecular flexibility index (Phi) is 2.77. The number of aromatic nitrogens is 1. The van der Waals surface area contributed by atoms with Crippen molar-refractivity contribution in [1.82, 2.24) is 14.8 Å². The number of likely N-dealkylation sites (tertiary alicyclic amines) is 1. The molecular weight excluding hydrogens is 252 g/mol. The normalized spacial score (nSPS) is 26.9. The van der Waals surface area contributed by atoms with Crippen molar-refractivity contribution in [3.63, 3.8) is 0 Å². The Hall–Kier alpha value is -1.49. The molecule has 3 aliphatic rings. The van der Waals surface area contributed by atoms with Crippen LogP contribution in [0, 0.1) is 0 Å². The molecule has 0 spiro atoms. The zero-order valence-electron chi connectivity index (χ0n) is 11.7. The van der Waals surface area contributed by atoms with Crippen molar-refractivity contribution in [2.75, 3.05) is 18.8 Å². The molecule has 1 amide bonds. The van der Waals surface area contributed by atoms with Crippen LogP contribution in [0.2, 0.25) is 0 Å². The van der Waals surface area contributed by atoms with Crippen molar-refractivity contribution in [3.05, 3.63) is 18.0 Å². The maximum atomic E-state index is 12.5. The summed E-state index contributed by atoms with van der Waals surface area (Å²) in [5.41, 5.74) is 7.27. The Morgan fingerprint density at radius 3 is 2.65 bits per heavy atom. The standard InChI is InChI=1S/C15H22N4O/c16-10-7-14(19(8-10)13-3-4-13)15(20)17-11-5-6-18(9-11)12-1-2-12/h7-8,11-13H,1-6,9,16H2,(H,17,20). The highest BCUT2D eigenvalue weighted by Gasteiger charge is 2.35. The first-order chi connectivity index (χ1) is 9.70. The molecule has 1 aromatic heterocycles. The van der Waals surface area contributed by atoms with E-state index in [1.54, 1.807) is 6.07 Å². The lowest BCUT2D eigenvalue weighted by atomic mass is 10.2. The summed E-state index contributed by atoms with van der Waals surface area (Å²) in [7, 11) is 0. The van der Waals surface area contributed by atoms with E-state index >= 15 is 0 Å². The third kappa shape index (κ3) is 2.30. The van der Waals surface area contributed by atoms with Crippen molar-refractivity contribution < 1.29 is 4.79 Å².